The number of hydrogen-bond acceptors (Lipinski definition) is 3. The highest BCUT2D eigenvalue weighted by Gasteiger charge is 2.21. The zero-order valence-electron chi connectivity index (χ0n) is 23.5. The van der Waals surface area contributed by atoms with Crippen LogP contribution < -0.4 is 0 Å². The van der Waals surface area contributed by atoms with E-state index in [-0.39, 0.29) is 0 Å². The fraction of sp³-hybridized carbons (Fsp3) is 0. The van der Waals surface area contributed by atoms with Crippen LogP contribution in [-0.4, -0.2) is 14.5 Å². The molecule has 4 heteroatoms. The molecule has 10 rings (SSSR count). The molecule has 3 heterocycles. The van der Waals surface area contributed by atoms with Gasteiger partial charge in [0.1, 0.15) is 0 Å². The van der Waals surface area contributed by atoms with E-state index in [1.807, 2.05) is 11.3 Å². The van der Waals surface area contributed by atoms with E-state index in [0.29, 0.717) is 5.95 Å². The van der Waals surface area contributed by atoms with Gasteiger partial charge in [0, 0.05) is 41.9 Å². The third-order valence-electron chi connectivity index (χ3n) is 8.96. The van der Waals surface area contributed by atoms with Gasteiger partial charge in [-0.05, 0) is 57.9 Å². The second kappa shape index (κ2) is 8.96. The molecule has 0 unspecified atom stereocenters. The van der Waals surface area contributed by atoms with Crippen LogP contribution in [0.4, 0.5) is 0 Å². The van der Waals surface area contributed by atoms with Gasteiger partial charge in [0.15, 0.2) is 0 Å². The SMILES string of the molecule is c1ccc2cc3c(cc2c1)c1ccccc1n3-c1nc(-c2c3ccccc3cc3sc4ccccc4c23)c2ccccc2n1. The molecule has 0 N–H and O–H groups in total. The van der Waals surface area contributed by atoms with Gasteiger partial charge in [-0.1, -0.05) is 103 Å². The van der Waals surface area contributed by atoms with Crippen LogP contribution in [0, 0.1) is 0 Å². The van der Waals surface area contributed by atoms with Gasteiger partial charge in [0.25, 0.3) is 0 Å². The highest BCUT2D eigenvalue weighted by molar-refractivity contribution is 7.26. The minimum atomic E-state index is 0.681. The molecule has 10 aromatic rings. The monoisotopic (exact) mass is 577 g/mol. The average molecular weight is 578 g/mol. The molecular weight excluding hydrogens is 555 g/mol. The van der Waals surface area contributed by atoms with Crippen molar-refractivity contribution in [1.29, 1.82) is 0 Å². The molecule has 0 aliphatic heterocycles. The lowest BCUT2D eigenvalue weighted by atomic mass is 9.94. The number of hydrogen-bond donors (Lipinski definition) is 0. The summed E-state index contributed by atoms with van der Waals surface area (Å²) in [6.07, 6.45) is 0. The summed E-state index contributed by atoms with van der Waals surface area (Å²) < 4.78 is 4.81. The Bertz CT molecular complexity index is 2790. The van der Waals surface area contributed by atoms with Gasteiger partial charge >= 0.3 is 0 Å². The normalized spacial score (nSPS) is 12.1. The molecule has 0 fully saturated rings. The minimum Gasteiger partial charge on any atom is -0.278 e. The van der Waals surface area contributed by atoms with Gasteiger partial charge in [0.2, 0.25) is 5.95 Å². The lowest BCUT2D eigenvalue weighted by molar-refractivity contribution is 1.02. The van der Waals surface area contributed by atoms with Crippen molar-refractivity contribution in [3.8, 4) is 17.2 Å². The maximum atomic E-state index is 5.54. The van der Waals surface area contributed by atoms with Crippen molar-refractivity contribution in [2.24, 2.45) is 0 Å². The van der Waals surface area contributed by atoms with E-state index in [2.05, 4.69) is 144 Å². The van der Waals surface area contributed by atoms with Crippen molar-refractivity contribution >= 4 is 85.8 Å². The van der Waals surface area contributed by atoms with Gasteiger partial charge < -0.3 is 0 Å². The van der Waals surface area contributed by atoms with E-state index in [1.165, 1.54) is 58.1 Å². The molecule has 44 heavy (non-hydrogen) atoms. The zero-order valence-corrected chi connectivity index (χ0v) is 24.3. The van der Waals surface area contributed by atoms with Crippen LogP contribution in [0.5, 0.6) is 0 Å². The maximum Gasteiger partial charge on any atom is 0.235 e. The molecule has 0 radical (unpaired) electrons. The maximum absolute atomic E-state index is 5.54. The van der Waals surface area contributed by atoms with Crippen LogP contribution in [0.1, 0.15) is 0 Å². The number of fused-ring (bicyclic) bond motifs is 9. The number of thiophene rings is 1. The largest absolute Gasteiger partial charge is 0.278 e. The number of aromatic nitrogens is 3. The molecule has 0 aliphatic rings. The van der Waals surface area contributed by atoms with Gasteiger partial charge in [0.05, 0.1) is 22.2 Å². The van der Waals surface area contributed by atoms with Crippen molar-refractivity contribution in [2.75, 3.05) is 0 Å². The predicted octanol–water partition coefficient (Wildman–Crippen LogP) is 11.1. The van der Waals surface area contributed by atoms with Crippen LogP contribution in [0.3, 0.4) is 0 Å². The van der Waals surface area contributed by atoms with Crippen molar-refractivity contribution in [1.82, 2.24) is 14.5 Å². The number of para-hydroxylation sites is 2. The molecule has 0 saturated heterocycles. The van der Waals surface area contributed by atoms with E-state index < -0.39 is 0 Å². The van der Waals surface area contributed by atoms with Crippen LogP contribution in [-0.2, 0) is 0 Å². The molecule has 0 spiro atoms. The van der Waals surface area contributed by atoms with E-state index in [4.69, 9.17) is 9.97 Å². The molecular formula is C40H23N3S. The molecule has 0 saturated carbocycles. The first kappa shape index (κ1) is 23.9. The second-order valence-electron chi connectivity index (χ2n) is 11.4. The Morgan fingerprint density at radius 1 is 0.455 bits per heavy atom. The summed E-state index contributed by atoms with van der Waals surface area (Å²) in [5, 5.41) is 10.8. The summed E-state index contributed by atoms with van der Waals surface area (Å²) >= 11 is 1.85. The summed E-state index contributed by atoms with van der Waals surface area (Å²) in [4.78, 5) is 10.8. The van der Waals surface area contributed by atoms with Crippen LogP contribution >= 0.6 is 11.3 Å². The lowest BCUT2D eigenvalue weighted by Gasteiger charge is -2.15. The van der Waals surface area contributed by atoms with E-state index >= 15 is 0 Å². The number of rotatable bonds is 2. The van der Waals surface area contributed by atoms with Crippen LogP contribution in [0.15, 0.2) is 140 Å². The van der Waals surface area contributed by atoms with Crippen molar-refractivity contribution in [3.05, 3.63) is 140 Å². The molecule has 0 aliphatic carbocycles. The molecule has 0 bridgehead atoms. The first-order valence-electron chi connectivity index (χ1n) is 14.8. The molecule has 0 atom stereocenters. The zero-order chi connectivity index (χ0) is 28.8. The van der Waals surface area contributed by atoms with Crippen molar-refractivity contribution < 1.29 is 0 Å². The Labute approximate surface area is 256 Å². The number of nitrogens with zero attached hydrogens (tertiary/aromatic N) is 3. The average Bonchev–Trinajstić information content (AvgIpc) is 3.60. The van der Waals surface area contributed by atoms with E-state index in [1.54, 1.807) is 0 Å². The van der Waals surface area contributed by atoms with Crippen molar-refractivity contribution in [3.63, 3.8) is 0 Å². The Balaban J connectivity index is 1.39. The fourth-order valence-corrected chi connectivity index (χ4v) is 8.19. The highest BCUT2D eigenvalue weighted by Crippen LogP contribution is 2.45. The van der Waals surface area contributed by atoms with Gasteiger partial charge in [-0.3, -0.25) is 4.57 Å². The summed E-state index contributed by atoms with van der Waals surface area (Å²) in [5.41, 5.74) is 5.27. The fourth-order valence-electron chi connectivity index (χ4n) is 7.02. The standard InChI is InChI=1S/C40H23N3S/c1-2-12-25-22-34-31(21-24(25)11-1)28-15-6-9-19-33(28)43(34)40-41-32-18-8-5-16-29(32)39(42-40)38-27-14-4-3-13-26(27)23-36-37(38)30-17-7-10-20-35(30)44-36/h1-23H. The molecule has 3 nitrogen and oxygen atoms in total. The lowest BCUT2D eigenvalue weighted by Crippen LogP contribution is -2.03. The Morgan fingerprint density at radius 2 is 1.11 bits per heavy atom. The first-order chi connectivity index (χ1) is 21.8. The van der Waals surface area contributed by atoms with Gasteiger partial charge in [-0.2, -0.15) is 0 Å². The Kier molecular flexibility index (Phi) is 4.87. The Hall–Kier alpha value is -5.58. The summed E-state index contributed by atoms with van der Waals surface area (Å²) in [6, 6.07) is 50.0. The summed E-state index contributed by atoms with van der Waals surface area (Å²) in [6.45, 7) is 0. The number of benzene rings is 7. The Morgan fingerprint density at radius 3 is 1.98 bits per heavy atom. The van der Waals surface area contributed by atoms with E-state index in [9.17, 15) is 0 Å². The first-order valence-corrected chi connectivity index (χ1v) is 15.7. The van der Waals surface area contributed by atoms with E-state index in [0.717, 1.165) is 27.6 Å². The summed E-state index contributed by atoms with van der Waals surface area (Å²) in [5.74, 6) is 0.681. The minimum absolute atomic E-state index is 0.681. The molecule has 3 aromatic heterocycles. The third kappa shape index (κ3) is 3.31. The van der Waals surface area contributed by atoms with Crippen molar-refractivity contribution in [2.45, 2.75) is 0 Å². The molecule has 204 valence electrons. The van der Waals surface area contributed by atoms with Crippen LogP contribution in [0.2, 0.25) is 0 Å². The predicted molar refractivity (Wildman–Crippen MR) is 187 cm³/mol. The topological polar surface area (TPSA) is 30.7 Å². The van der Waals surface area contributed by atoms with Gasteiger partial charge in [-0.25, -0.2) is 9.97 Å². The second-order valence-corrected chi connectivity index (χ2v) is 12.5. The van der Waals surface area contributed by atoms with Crippen LogP contribution in [0.25, 0.3) is 91.6 Å². The third-order valence-corrected chi connectivity index (χ3v) is 10.1. The molecule has 7 aromatic carbocycles. The van der Waals surface area contributed by atoms with Gasteiger partial charge in [-0.15, -0.1) is 11.3 Å². The molecule has 0 amide bonds. The smallest absolute Gasteiger partial charge is 0.235 e. The highest BCUT2D eigenvalue weighted by atomic mass is 32.1. The quantitative estimate of drug-likeness (QED) is 0.205. The summed E-state index contributed by atoms with van der Waals surface area (Å²) in [7, 11) is 0.